The highest BCUT2D eigenvalue weighted by atomic mass is 16.5. The van der Waals surface area contributed by atoms with Crippen molar-refractivity contribution in [3.05, 3.63) is 29.8 Å². The van der Waals surface area contributed by atoms with Crippen molar-refractivity contribution in [2.45, 2.75) is 13.0 Å². The van der Waals surface area contributed by atoms with E-state index in [2.05, 4.69) is 15.6 Å². The molecular formula is C14H19N3O3. The van der Waals surface area contributed by atoms with Gasteiger partial charge in [0.25, 0.3) is 5.91 Å². The molecule has 0 radical (unpaired) electrons. The molecule has 1 aromatic rings. The van der Waals surface area contributed by atoms with E-state index in [1.807, 2.05) is 31.2 Å². The van der Waals surface area contributed by atoms with E-state index >= 15 is 0 Å². The molecular weight excluding hydrogens is 258 g/mol. The molecule has 1 aromatic carbocycles. The van der Waals surface area contributed by atoms with E-state index in [0.717, 1.165) is 5.56 Å². The Hall–Kier alpha value is -2.08. The molecule has 108 valence electrons. The number of rotatable bonds is 6. The van der Waals surface area contributed by atoms with Crippen LogP contribution in [0.4, 0.5) is 0 Å². The van der Waals surface area contributed by atoms with Gasteiger partial charge in [0.1, 0.15) is 11.8 Å². The van der Waals surface area contributed by atoms with Crippen LogP contribution in [-0.4, -0.2) is 38.7 Å². The molecule has 1 fully saturated rings. The van der Waals surface area contributed by atoms with Crippen molar-refractivity contribution in [2.75, 3.05) is 26.9 Å². The number of aliphatic imine (C=N–C) groups is 1. The van der Waals surface area contributed by atoms with Gasteiger partial charge in [-0.1, -0.05) is 18.2 Å². The summed E-state index contributed by atoms with van der Waals surface area (Å²) in [6.45, 7) is 3.48. The van der Waals surface area contributed by atoms with Crippen LogP contribution < -0.4 is 15.4 Å². The number of hydrogen-bond donors (Lipinski definition) is 2. The van der Waals surface area contributed by atoms with E-state index in [1.165, 1.54) is 0 Å². The summed E-state index contributed by atoms with van der Waals surface area (Å²) in [5.41, 5.74) is 0.809. The third-order valence-electron chi connectivity index (χ3n) is 2.88. The summed E-state index contributed by atoms with van der Waals surface area (Å²) in [4.78, 5) is 16.3. The molecule has 0 aromatic heterocycles. The summed E-state index contributed by atoms with van der Waals surface area (Å²) in [5.74, 6) is 1.05. The third kappa shape index (κ3) is 3.27. The number of methoxy groups -OCH3 is 1. The minimum Gasteiger partial charge on any atom is -0.494 e. The van der Waals surface area contributed by atoms with E-state index in [0.29, 0.717) is 31.5 Å². The maximum Gasteiger partial charge on any atom is 0.254 e. The van der Waals surface area contributed by atoms with Crippen molar-refractivity contribution < 1.29 is 14.3 Å². The maximum atomic E-state index is 12.0. The van der Waals surface area contributed by atoms with Gasteiger partial charge in [-0.2, -0.15) is 0 Å². The molecule has 0 aliphatic carbocycles. The van der Waals surface area contributed by atoms with Gasteiger partial charge in [-0.3, -0.25) is 15.1 Å². The van der Waals surface area contributed by atoms with Crippen LogP contribution in [0.1, 0.15) is 18.5 Å². The summed E-state index contributed by atoms with van der Waals surface area (Å²) < 4.78 is 10.5. The first-order valence-electron chi connectivity index (χ1n) is 6.58. The Kier molecular flexibility index (Phi) is 4.95. The van der Waals surface area contributed by atoms with Gasteiger partial charge in [0.05, 0.1) is 19.8 Å². The highest BCUT2D eigenvalue weighted by Crippen LogP contribution is 2.26. The van der Waals surface area contributed by atoms with Crippen molar-refractivity contribution in [1.29, 1.82) is 0 Å². The van der Waals surface area contributed by atoms with Crippen molar-refractivity contribution >= 4 is 11.9 Å². The lowest BCUT2D eigenvalue weighted by molar-refractivity contribution is -0.120. The van der Waals surface area contributed by atoms with Crippen molar-refractivity contribution in [3.8, 4) is 5.75 Å². The first kappa shape index (κ1) is 14.3. The van der Waals surface area contributed by atoms with Crippen LogP contribution in [0, 0.1) is 0 Å². The molecule has 0 spiro atoms. The number of nitrogens with one attached hydrogen (secondary N) is 2. The van der Waals surface area contributed by atoms with Gasteiger partial charge in [0.15, 0.2) is 5.96 Å². The van der Waals surface area contributed by atoms with Crippen LogP contribution in [0.5, 0.6) is 5.75 Å². The lowest BCUT2D eigenvalue weighted by atomic mass is 10.1. The fourth-order valence-corrected chi connectivity index (χ4v) is 1.99. The molecule has 20 heavy (non-hydrogen) atoms. The monoisotopic (exact) mass is 277 g/mol. The molecule has 1 amide bonds. The van der Waals surface area contributed by atoms with Crippen molar-refractivity contribution in [3.63, 3.8) is 0 Å². The number of amides is 1. The Balaban J connectivity index is 2.13. The van der Waals surface area contributed by atoms with E-state index in [4.69, 9.17) is 9.47 Å². The zero-order valence-electron chi connectivity index (χ0n) is 11.7. The minimum absolute atomic E-state index is 0.131. The van der Waals surface area contributed by atoms with Gasteiger partial charge in [-0.25, -0.2) is 0 Å². The highest BCUT2D eigenvalue weighted by Gasteiger charge is 2.31. The van der Waals surface area contributed by atoms with Crippen LogP contribution in [0.3, 0.4) is 0 Å². The molecule has 0 bridgehead atoms. The number of ether oxygens (including phenoxy) is 2. The van der Waals surface area contributed by atoms with Crippen LogP contribution in [0.25, 0.3) is 0 Å². The standard InChI is InChI=1S/C14H19N3O3/c1-3-20-11-7-5-4-6-10(11)12-13(18)17-14(16-12)15-8-9-19-2/h4-7,12H,3,8-9H2,1-2H3,(H2,15,16,17,18). The van der Waals surface area contributed by atoms with Gasteiger partial charge in [0.2, 0.25) is 0 Å². The summed E-state index contributed by atoms with van der Waals surface area (Å²) in [6, 6.07) is 7.02. The molecule has 0 saturated carbocycles. The number of carbonyl (C=O) groups excluding carboxylic acids is 1. The maximum absolute atomic E-state index is 12.0. The van der Waals surface area contributed by atoms with E-state index in [-0.39, 0.29) is 5.91 Å². The number of guanidine groups is 1. The number of para-hydroxylation sites is 1. The largest absolute Gasteiger partial charge is 0.494 e. The van der Waals surface area contributed by atoms with Gasteiger partial charge < -0.3 is 14.8 Å². The second kappa shape index (κ2) is 6.91. The molecule has 6 heteroatoms. The fraction of sp³-hybridized carbons (Fsp3) is 0.429. The molecule has 1 atom stereocenters. The number of hydrogen-bond acceptors (Lipinski definition) is 4. The Morgan fingerprint density at radius 2 is 2.15 bits per heavy atom. The van der Waals surface area contributed by atoms with Gasteiger partial charge in [-0.05, 0) is 13.0 Å². The number of benzene rings is 1. The Bertz CT molecular complexity index is 502. The molecule has 1 aliphatic heterocycles. The molecule has 1 heterocycles. The Morgan fingerprint density at radius 1 is 1.35 bits per heavy atom. The SMILES string of the molecule is CCOc1ccccc1C1NC(=NCCOC)NC1=O. The van der Waals surface area contributed by atoms with Crippen LogP contribution >= 0.6 is 0 Å². The second-order valence-electron chi connectivity index (χ2n) is 4.26. The first-order valence-corrected chi connectivity index (χ1v) is 6.58. The number of carbonyl (C=O) groups is 1. The summed E-state index contributed by atoms with van der Waals surface area (Å²) in [7, 11) is 1.61. The summed E-state index contributed by atoms with van der Waals surface area (Å²) >= 11 is 0. The van der Waals surface area contributed by atoms with Crippen LogP contribution in [-0.2, 0) is 9.53 Å². The summed E-state index contributed by atoms with van der Waals surface area (Å²) in [5, 5.41) is 5.79. The van der Waals surface area contributed by atoms with Crippen LogP contribution in [0.2, 0.25) is 0 Å². The van der Waals surface area contributed by atoms with Crippen molar-refractivity contribution in [2.24, 2.45) is 4.99 Å². The lowest BCUT2D eigenvalue weighted by Crippen LogP contribution is -2.26. The molecule has 1 saturated heterocycles. The predicted molar refractivity (Wildman–Crippen MR) is 75.8 cm³/mol. The molecule has 1 unspecified atom stereocenters. The average molecular weight is 277 g/mol. The van der Waals surface area contributed by atoms with E-state index in [1.54, 1.807) is 7.11 Å². The first-order chi connectivity index (χ1) is 9.76. The normalized spacial score (nSPS) is 19.8. The number of nitrogens with zero attached hydrogens (tertiary/aromatic N) is 1. The second-order valence-corrected chi connectivity index (χ2v) is 4.26. The highest BCUT2D eigenvalue weighted by molar-refractivity contribution is 6.07. The van der Waals surface area contributed by atoms with Crippen LogP contribution in [0.15, 0.2) is 29.3 Å². The molecule has 1 aliphatic rings. The van der Waals surface area contributed by atoms with E-state index < -0.39 is 6.04 Å². The smallest absolute Gasteiger partial charge is 0.254 e. The third-order valence-corrected chi connectivity index (χ3v) is 2.88. The Morgan fingerprint density at radius 3 is 2.90 bits per heavy atom. The zero-order valence-corrected chi connectivity index (χ0v) is 11.7. The quantitative estimate of drug-likeness (QED) is 0.756. The fourth-order valence-electron chi connectivity index (χ4n) is 1.99. The topological polar surface area (TPSA) is 71.9 Å². The van der Waals surface area contributed by atoms with E-state index in [9.17, 15) is 4.79 Å². The zero-order chi connectivity index (χ0) is 14.4. The van der Waals surface area contributed by atoms with Gasteiger partial charge in [-0.15, -0.1) is 0 Å². The van der Waals surface area contributed by atoms with Gasteiger partial charge >= 0.3 is 0 Å². The molecule has 6 nitrogen and oxygen atoms in total. The summed E-state index contributed by atoms with van der Waals surface area (Å²) in [6.07, 6.45) is 0. The van der Waals surface area contributed by atoms with Gasteiger partial charge in [0, 0.05) is 12.7 Å². The minimum atomic E-state index is -0.473. The molecule has 2 rings (SSSR count). The predicted octanol–water partition coefficient (Wildman–Crippen LogP) is 0.848. The molecule has 2 N–H and O–H groups in total. The lowest BCUT2D eigenvalue weighted by Gasteiger charge is -2.13. The van der Waals surface area contributed by atoms with Crippen molar-refractivity contribution in [1.82, 2.24) is 10.6 Å². The average Bonchev–Trinajstić information content (AvgIpc) is 2.81. The Labute approximate surface area is 118 Å².